The fourth-order valence-electron chi connectivity index (χ4n) is 3.18. The summed E-state index contributed by atoms with van der Waals surface area (Å²) in [6.45, 7) is 0. The van der Waals surface area contributed by atoms with E-state index in [9.17, 15) is 18.0 Å². The molecule has 0 spiro atoms. The maximum absolute atomic E-state index is 12.9. The number of rotatable bonds is 6. The number of nitrogens with zero attached hydrogens (tertiary/aromatic N) is 1. The highest BCUT2D eigenvalue weighted by Gasteiger charge is 2.39. The second-order valence-electron chi connectivity index (χ2n) is 6.65. The summed E-state index contributed by atoms with van der Waals surface area (Å²) in [6.07, 6.45) is 0. The van der Waals surface area contributed by atoms with Crippen LogP contribution in [0.4, 0.5) is 4.79 Å². The number of imide groups is 1. The van der Waals surface area contributed by atoms with Crippen molar-refractivity contribution in [3.05, 3.63) is 69.7 Å². The van der Waals surface area contributed by atoms with Crippen molar-refractivity contribution < 1.29 is 18.0 Å². The summed E-state index contributed by atoms with van der Waals surface area (Å²) in [5.41, 5.74) is 6.96. The van der Waals surface area contributed by atoms with E-state index in [-0.39, 0.29) is 17.3 Å². The van der Waals surface area contributed by atoms with Gasteiger partial charge in [0.05, 0.1) is 11.5 Å². The van der Waals surface area contributed by atoms with Gasteiger partial charge in [-0.2, -0.15) is 4.99 Å². The van der Waals surface area contributed by atoms with Crippen molar-refractivity contribution in [3.8, 4) is 0 Å². The molecule has 0 fully saturated rings. The van der Waals surface area contributed by atoms with E-state index in [0.29, 0.717) is 21.2 Å². The third-order valence-electron chi connectivity index (χ3n) is 4.50. The van der Waals surface area contributed by atoms with E-state index in [0.717, 1.165) is 0 Å². The first-order valence-corrected chi connectivity index (χ1v) is 11.1. The van der Waals surface area contributed by atoms with Crippen LogP contribution in [-0.2, 0) is 20.4 Å². The quantitative estimate of drug-likeness (QED) is 0.696. The molecule has 0 saturated heterocycles. The molecule has 2 aromatic carbocycles. The van der Waals surface area contributed by atoms with Crippen LogP contribution >= 0.6 is 23.2 Å². The van der Waals surface area contributed by atoms with E-state index in [2.05, 4.69) is 10.3 Å². The number of nitrogens with one attached hydrogen (secondary N) is 1. The molecule has 0 bridgehead atoms. The molecular weight excluding hydrogens is 437 g/mol. The maximum Gasteiger partial charge on any atom is 0.349 e. The van der Waals surface area contributed by atoms with Crippen molar-refractivity contribution in [2.45, 2.75) is 11.7 Å². The molecule has 0 aromatic heterocycles. The smallest absolute Gasteiger partial charge is 0.349 e. The van der Waals surface area contributed by atoms with Gasteiger partial charge in [-0.25, -0.2) is 13.2 Å². The van der Waals surface area contributed by atoms with E-state index < -0.39 is 33.6 Å². The highest BCUT2D eigenvalue weighted by atomic mass is 35.5. The Morgan fingerprint density at radius 1 is 1.00 bits per heavy atom. The van der Waals surface area contributed by atoms with Gasteiger partial charge in [-0.05, 0) is 35.4 Å². The van der Waals surface area contributed by atoms with Crippen molar-refractivity contribution in [3.63, 3.8) is 0 Å². The Morgan fingerprint density at radius 3 is 2.10 bits per heavy atom. The summed E-state index contributed by atoms with van der Waals surface area (Å²) < 4.78 is 25.8. The predicted octanol–water partition coefficient (Wildman–Crippen LogP) is 2.92. The molecule has 152 valence electrons. The second kappa shape index (κ2) is 8.52. The molecule has 2 aromatic rings. The lowest BCUT2D eigenvalue weighted by molar-refractivity contribution is -0.122. The Morgan fingerprint density at radius 2 is 1.55 bits per heavy atom. The topological polar surface area (TPSA) is 119 Å². The summed E-state index contributed by atoms with van der Waals surface area (Å²) in [4.78, 5) is 27.5. The van der Waals surface area contributed by atoms with Gasteiger partial charge >= 0.3 is 6.03 Å². The highest BCUT2D eigenvalue weighted by Crippen LogP contribution is 2.30. The third kappa shape index (κ3) is 5.35. The lowest BCUT2D eigenvalue weighted by Gasteiger charge is -2.28. The summed E-state index contributed by atoms with van der Waals surface area (Å²) in [6, 6.07) is 12.0. The van der Waals surface area contributed by atoms with Crippen molar-refractivity contribution in [1.82, 2.24) is 5.32 Å². The number of nitrogens with two attached hydrogens (primary N) is 1. The lowest BCUT2D eigenvalue weighted by atomic mass is 9.85. The van der Waals surface area contributed by atoms with Crippen molar-refractivity contribution in [2.75, 3.05) is 5.75 Å². The zero-order chi connectivity index (χ0) is 21.2. The van der Waals surface area contributed by atoms with E-state index >= 15 is 0 Å². The largest absolute Gasteiger partial charge is 0.386 e. The average Bonchev–Trinajstić information content (AvgIpc) is 2.62. The average molecular weight is 454 g/mol. The highest BCUT2D eigenvalue weighted by molar-refractivity contribution is 7.90. The summed E-state index contributed by atoms with van der Waals surface area (Å²) in [5.74, 6) is -3.47. The number of carbonyl (C=O) groups is 2. The van der Waals surface area contributed by atoms with Gasteiger partial charge in [0.1, 0.15) is 11.8 Å². The Labute approximate surface area is 177 Å². The Bertz CT molecular complexity index is 1070. The number of urea groups is 1. The Kier molecular flexibility index (Phi) is 6.26. The van der Waals surface area contributed by atoms with E-state index in [1.165, 1.54) is 0 Å². The fraction of sp³-hybridized carbons (Fsp3) is 0.211. The van der Waals surface area contributed by atoms with Crippen LogP contribution in [0.2, 0.25) is 10.0 Å². The molecule has 1 aliphatic rings. The molecule has 7 nitrogen and oxygen atoms in total. The molecule has 10 heteroatoms. The lowest BCUT2D eigenvalue weighted by Crippen LogP contribution is -2.49. The summed E-state index contributed by atoms with van der Waals surface area (Å²) in [5, 5.41) is 3.04. The van der Waals surface area contributed by atoms with Gasteiger partial charge in [-0.1, -0.05) is 47.5 Å². The zero-order valence-corrected chi connectivity index (χ0v) is 17.3. The molecule has 3 rings (SSSR count). The molecule has 0 saturated carbocycles. The maximum atomic E-state index is 12.9. The molecule has 3 N–H and O–H groups in total. The normalized spacial score (nSPS) is 18.1. The van der Waals surface area contributed by atoms with Crippen LogP contribution in [0.25, 0.3) is 0 Å². The van der Waals surface area contributed by atoms with Gasteiger partial charge in [-0.15, -0.1) is 0 Å². The SMILES string of the molecule is NC1=NC(=O)NC(=O)C1C(CS(=O)(=O)Cc1ccc(Cl)cc1)c1ccc(Cl)cc1. The van der Waals surface area contributed by atoms with Gasteiger partial charge in [0.15, 0.2) is 9.84 Å². The second-order valence-corrected chi connectivity index (χ2v) is 9.63. The molecule has 2 unspecified atom stereocenters. The van der Waals surface area contributed by atoms with Crippen LogP contribution in [0, 0.1) is 5.92 Å². The van der Waals surface area contributed by atoms with E-state index in [1.807, 2.05) is 0 Å². The number of benzene rings is 2. The van der Waals surface area contributed by atoms with Gasteiger partial charge in [0.25, 0.3) is 0 Å². The number of carbonyl (C=O) groups excluding carboxylic acids is 2. The number of halogens is 2. The molecule has 0 aliphatic carbocycles. The van der Waals surface area contributed by atoms with Gasteiger partial charge < -0.3 is 5.73 Å². The molecule has 2 atom stereocenters. The minimum Gasteiger partial charge on any atom is -0.386 e. The number of aliphatic imine (C=N–C) groups is 1. The fourth-order valence-corrected chi connectivity index (χ4v) is 5.19. The number of amides is 3. The van der Waals surface area contributed by atoms with Gasteiger partial charge in [0, 0.05) is 16.0 Å². The number of sulfone groups is 1. The first-order valence-electron chi connectivity index (χ1n) is 8.54. The Hall–Kier alpha value is -2.42. The van der Waals surface area contributed by atoms with Crippen LogP contribution in [0.15, 0.2) is 53.5 Å². The molecule has 1 heterocycles. The van der Waals surface area contributed by atoms with Gasteiger partial charge in [-0.3, -0.25) is 10.1 Å². The minimum atomic E-state index is -3.67. The molecule has 3 amide bonds. The van der Waals surface area contributed by atoms with Crippen LogP contribution in [0.3, 0.4) is 0 Å². The van der Waals surface area contributed by atoms with Crippen molar-refractivity contribution in [1.29, 1.82) is 0 Å². The number of amidine groups is 1. The first kappa shape index (κ1) is 21.3. The Balaban J connectivity index is 1.95. The van der Waals surface area contributed by atoms with Crippen molar-refractivity contribution >= 4 is 50.8 Å². The van der Waals surface area contributed by atoms with Crippen LogP contribution in [0.1, 0.15) is 17.0 Å². The van der Waals surface area contributed by atoms with Crippen LogP contribution in [-0.4, -0.2) is 31.9 Å². The predicted molar refractivity (Wildman–Crippen MR) is 112 cm³/mol. The monoisotopic (exact) mass is 453 g/mol. The molecule has 1 aliphatic heterocycles. The van der Waals surface area contributed by atoms with Crippen molar-refractivity contribution in [2.24, 2.45) is 16.6 Å². The first-order chi connectivity index (χ1) is 13.6. The zero-order valence-electron chi connectivity index (χ0n) is 15.0. The van der Waals surface area contributed by atoms with Crippen LogP contribution in [0.5, 0.6) is 0 Å². The van der Waals surface area contributed by atoms with E-state index in [1.54, 1.807) is 48.5 Å². The number of hydrogen-bond donors (Lipinski definition) is 2. The molecule has 0 radical (unpaired) electrons. The van der Waals surface area contributed by atoms with E-state index in [4.69, 9.17) is 28.9 Å². The minimum absolute atomic E-state index is 0.222. The van der Waals surface area contributed by atoms with Gasteiger partial charge in [0.2, 0.25) is 5.91 Å². The van der Waals surface area contributed by atoms with Crippen LogP contribution < -0.4 is 11.1 Å². The molecule has 29 heavy (non-hydrogen) atoms. The standard InChI is InChI=1S/C19H17Cl2N3O4S/c20-13-5-1-11(2-6-13)9-29(27,28)10-15(12-3-7-14(21)8-4-12)16-17(22)23-19(26)24-18(16)25/h1-8,15-16H,9-10H2,(H3,22,23,24,25,26). The molecular formula is C19H17Cl2N3O4S. The summed E-state index contributed by atoms with van der Waals surface area (Å²) >= 11 is 11.8. The number of hydrogen-bond acceptors (Lipinski definition) is 5. The summed E-state index contributed by atoms with van der Waals surface area (Å²) in [7, 11) is -3.67. The third-order valence-corrected chi connectivity index (χ3v) is 6.64.